The second-order valence-corrected chi connectivity index (χ2v) is 4.85. The first kappa shape index (κ1) is 14.3. The van der Waals surface area contributed by atoms with Crippen molar-refractivity contribution in [1.82, 2.24) is 14.9 Å². The van der Waals surface area contributed by atoms with Gasteiger partial charge in [0.15, 0.2) is 0 Å². The minimum atomic E-state index is -0.232. The summed E-state index contributed by atoms with van der Waals surface area (Å²) in [4.78, 5) is 21.8. The van der Waals surface area contributed by atoms with Gasteiger partial charge in [-0.2, -0.15) is 0 Å². The van der Waals surface area contributed by atoms with Gasteiger partial charge < -0.3 is 10.6 Å². The van der Waals surface area contributed by atoms with Crippen molar-refractivity contribution in [2.45, 2.75) is 13.0 Å². The van der Waals surface area contributed by atoms with Crippen LogP contribution < -0.4 is 5.73 Å². The van der Waals surface area contributed by atoms with Gasteiger partial charge in [0, 0.05) is 12.1 Å². The number of anilines is 1. The molecule has 1 heterocycles. The molecule has 1 aromatic heterocycles. The molecule has 0 aliphatic carbocycles. The van der Waals surface area contributed by atoms with E-state index in [2.05, 4.69) is 9.97 Å². The van der Waals surface area contributed by atoms with E-state index >= 15 is 0 Å². The molecule has 1 atom stereocenters. The van der Waals surface area contributed by atoms with Crippen LogP contribution in [0.5, 0.6) is 0 Å². The van der Waals surface area contributed by atoms with Crippen molar-refractivity contribution < 1.29 is 4.79 Å². The maximum Gasteiger partial charge on any atom is 0.274 e. The van der Waals surface area contributed by atoms with Crippen LogP contribution in [-0.2, 0) is 0 Å². The molecule has 0 fully saturated rings. The quantitative estimate of drug-likeness (QED) is 0.943. The van der Waals surface area contributed by atoms with Crippen LogP contribution in [0.3, 0.4) is 0 Å². The van der Waals surface area contributed by atoms with E-state index in [0.717, 1.165) is 5.56 Å². The summed E-state index contributed by atoms with van der Waals surface area (Å²) in [5.41, 5.74) is 6.59. The van der Waals surface area contributed by atoms with Crippen molar-refractivity contribution in [1.29, 1.82) is 0 Å². The highest BCUT2D eigenvalue weighted by Crippen LogP contribution is 2.26. The molecule has 1 unspecified atom stereocenters. The molecule has 2 aromatic rings. The summed E-state index contributed by atoms with van der Waals surface area (Å²) < 4.78 is 0. The van der Waals surface area contributed by atoms with E-state index < -0.39 is 0 Å². The molecule has 1 aromatic carbocycles. The fourth-order valence-corrected chi connectivity index (χ4v) is 2.12. The third-order valence-electron chi connectivity index (χ3n) is 3.15. The Morgan fingerprint density at radius 2 is 2.00 bits per heavy atom. The average molecular weight is 291 g/mol. The van der Waals surface area contributed by atoms with Crippen molar-refractivity contribution in [2.24, 2.45) is 0 Å². The smallest absolute Gasteiger partial charge is 0.274 e. The fraction of sp³-hybridized carbons (Fsp3) is 0.214. The van der Waals surface area contributed by atoms with Crippen LogP contribution in [-0.4, -0.2) is 27.8 Å². The molecule has 1 amide bonds. The first-order chi connectivity index (χ1) is 9.50. The summed E-state index contributed by atoms with van der Waals surface area (Å²) in [7, 11) is 1.70. The van der Waals surface area contributed by atoms with Crippen molar-refractivity contribution in [2.75, 3.05) is 12.8 Å². The summed E-state index contributed by atoms with van der Waals surface area (Å²) >= 11 is 6.15. The third kappa shape index (κ3) is 2.88. The molecular weight excluding hydrogens is 276 g/mol. The van der Waals surface area contributed by atoms with Gasteiger partial charge in [-0.3, -0.25) is 4.79 Å². The van der Waals surface area contributed by atoms with E-state index in [0.29, 0.717) is 5.02 Å². The number of carbonyl (C=O) groups is 1. The standard InChI is InChI=1S/C14H15ClN4O/c1-9(10-5-3-4-6-11(10)15)19(2)14(20)12-7-18-13(16)8-17-12/h3-9H,1-2H3,(H2,16,18). The van der Waals surface area contributed by atoms with E-state index in [4.69, 9.17) is 17.3 Å². The number of rotatable bonds is 3. The number of hydrogen-bond acceptors (Lipinski definition) is 4. The Labute approximate surface area is 122 Å². The number of nitrogen functional groups attached to an aromatic ring is 1. The zero-order chi connectivity index (χ0) is 14.7. The predicted octanol–water partition coefficient (Wildman–Crippen LogP) is 2.55. The summed E-state index contributed by atoms with van der Waals surface area (Å²) in [6.45, 7) is 1.91. The van der Waals surface area contributed by atoms with Gasteiger partial charge in [0.2, 0.25) is 0 Å². The monoisotopic (exact) mass is 290 g/mol. The van der Waals surface area contributed by atoms with E-state index in [9.17, 15) is 4.79 Å². The Hall–Kier alpha value is -2.14. The number of amides is 1. The SMILES string of the molecule is CC(c1ccccc1Cl)N(C)C(=O)c1cnc(N)cn1. The summed E-state index contributed by atoms with van der Waals surface area (Å²) in [5.74, 6) is 0.0493. The number of aromatic nitrogens is 2. The summed E-state index contributed by atoms with van der Waals surface area (Å²) in [5, 5.41) is 0.628. The molecular formula is C14H15ClN4O. The highest BCUT2D eigenvalue weighted by Gasteiger charge is 2.21. The average Bonchev–Trinajstić information content (AvgIpc) is 2.46. The Balaban J connectivity index is 2.22. The Bertz CT molecular complexity index is 615. The second-order valence-electron chi connectivity index (χ2n) is 4.44. The second kappa shape index (κ2) is 5.88. The van der Waals surface area contributed by atoms with Gasteiger partial charge in [-0.05, 0) is 18.6 Å². The largest absolute Gasteiger partial charge is 0.382 e. The number of nitrogens with two attached hydrogens (primary N) is 1. The first-order valence-corrected chi connectivity index (χ1v) is 6.47. The lowest BCUT2D eigenvalue weighted by Crippen LogP contribution is -2.30. The van der Waals surface area contributed by atoms with Crippen LogP contribution in [0.15, 0.2) is 36.7 Å². The van der Waals surface area contributed by atoms with Crippen LogP contribution in [0.4, 0.5) is 5.82 Å². The van der Waals surface area contributed by atoms with E-state index in [1.54, 1.807) is 18.0 Å². The molecule has 2 rings (SSSR count). The molecule has 20 heavy (non-hydrogen) atoms. The molecule has 0 spiro atoms. The van der Waals surface area contributed by atoms with Crippen molar-refractivity contribution in [3.05, 3.63) is 52.9 Å². The van der Waals surface area contributed by atoms with E-state index in [1.807, 2.05) is 25.1 Å². The molecule has 0 aliphatic rings. The van der Waals surface area contributed by atoms with Crippen LogP contribution in [0.1, 0.15) is 29.0 Å². The number of halogens is 1. The number of benzene rings is 1. The van der Waals surface area contributed by atoms with Gasteiger partial charge in [-0.15, -0.1) is 0 Å². The van der Waals surface area contributed by atoms with Gasteiger partial charge in [0.1, 0.15) is 11.5 Å². The highest BCUT2D eigenvalue weighted by molar-refractivity contribution is 6.31. The molecule has 2 N–H and O–H groups in total. The number of carbonyl (C=O) groups excluding carboxylic acids is 1. The van der Waals surface area contributed by atoms with Crippen molar-refractivity contribution >= 4 is 23.3 Å². The zero-order valence-corrected chi connectivity index (χ0v) is 12.0. The maximum atomic E-state index is 12.3. The van der Waals surface area contributed by atoms with Crippen LogP contribution >= 0.6 is 11.6 Å². The lowest BCUT2D eigenvalue weighted by atomic mass is 10.1. The van der Waals surface area contributed by atoms with Crippen LogP contribution in [0.2, 0.25) is 5.02 Å². The van der Waals surface area contributed by atoms with Gasteiger partial charge in [-0.25, -0.2) is 9.97 Å². The molecule has 5 nitrogen and oxygen atoms in total. The normalized spacial score (nSPS) is 11.9. The molecule has 0 saturated heterocycles. The number of hydrogen-bond donors (Lipinski definition) is 1. The van der Waals surface area contributed by atoms with E-state index in [1.165, 1.54) is 12.4 Å². The Morgan fingerprint density at radius 3 is 2.60 bits per heavy atom. The van der Waals surface area contributed by atoms with Gasteiger partial charge >= 0.3 is 0 Å². The van der Waals surface area contributed by atoms with Crippen molar-refractivity contribution in [3.8, 4) is 0 Å². The lowest BCUT2D eigenvalue weighted by molar-refractivity contribution is 0.0736. The molecule has 0 aliphatic heterocycles. The minimum absolute atomic E-state index is 0.171. The Morgan fingerprint density at radius 1 is 1.30 bits per heavy atom. The fourth-order valence-electron chi connectivity index (χ4n) is 1.83. The van der Waals surface area contributed by atoms with Gasteiger partial charge in [0.05, 0.1) is 18.4 Å². The minimum Gasteiger partial charge on any atom is -0.382 e. The van der Waals surface area contributed by atoms with Crippen LogP contribution in [0.25, 0.3) is 0 Å². The highest BCUT2D eigenvalue weighted by atomic mass is 35.5. The Kier molecular flexibility index (Phi) is 4.20. The van der Waals surface area contributed by atoms with Crippen LogP contribution in [0, 0.1) is 0 Å². The third-order valence-corrected chi connectivity index (χ3v) is 3.49. The maximum absolute atomic E-state index is 12.3. The molecule has 0 bridgehead atoms. The first-order valence-electron chi connectivity index (χ1n) is 6.10. The molecule has 0 radical (unpaired) electrons. The molecule has 6 heteroatoms. The molecule has 0 saturated carbocycles. The topological polar surface area (TPSA) is 72.1 Å². The van der Waals surface area contributed by atoms with Gasteiger partial charge in [-0.1, -0.05) is 29.8 Å². The predicted molar refractivity (Wildman–Crippen MR) is 78.4 cm³/mol. The van der Waals surface area contributed by atoms with Gasteiger partial charge in [0.25, 0.3) is 5.91 Å². The summed E-state index contributed by atoms with van der Waals surface area (Å²) in [6.07, 6.45) is 2.73. The molecule has 104 valence electrons. The van der Waals surface area contributed by atoms with Crippen molar-refractivity contribution in [3.63, 3.8) is 0 Å². The van der Waals surface area contributed by atoms with E-state index in [-0.39, 0.29) is 23.5 Å². The summed E-state index contributed by atoms with van der Waals surface area (Å²) in [6, 6.07) is 7.26. The number of nitrogens with zero attached hydrogens (tertiary/aromatic N) is 3. The zero-order valence-electron chi connectivity index (χ0n) is 11.2. The lowest BCUT2D eigenvalue weighted by Gasteiger charge is -2.25.